The number of para-hydroxylation sites is 1. The number of aryl methyl sites for hydroxylation is 1. The summed E-state index contributed by atoms with van der Waals surface area (Å²) in [6, 6.07) is 8.19. The van der Waals surface area contributed by atoms with Crippen LogP contribution in [0, 0.1) is 0 Å². The Kier molecular flexibility index (Phi) is 4.75. The molecule has 1 aromatic carbocycles. The van der Waals surface area contributed by atoms with Crippen molar-refractivity contribution in [2.75, 3.05) is 39.4 Å². The van der Waals surface area contributed by atoms with E-state index in [0.29, 0.717) is 13.0 Å². The molecule has 0 bridgehead atoms. The van der Waals surface area contributed by atoms with Crippen molar-refractivity contribution in [1.82, 2.24) is 14.8 Å². The zero-order valence-corrected chi connectivity index (χ0v) is 13.0. The molecule has 22 heavy (non-hydrogen) atoms. The number of hydrogen-bond acceptors (Lipinski definition) is 3. The van der Waals surface area contributed by atoms with Crippen LogP contribution in [0.15, 0.2) is 30.5 Å². The molecular formula is C17H23N3O2. The van der Waals surface area contributed by atoms with E-state index in [1.165, 1.54) is 5.52 Å². The molecule has 1 aliphatic heterocycles. The molecule has 1 N–H and O–H groups in total. The molecule has 1 saturated heterocycles. The summed E-state index contributed by atoms with van der Waals surface area (Å²) < 4.78 is 7.39. The van der Waals surface area contributed by atoms with Gasteiger partial charge in [-0.15, -0.1) is 0 Å². The van der Waals surface area contributed by atoms with Gasteiger partial charge in [0.25, 0.3) is 0 Å². The second kappa shape index (κ2) is 6.94. The Morgan fingerprint density at radius 2 is 2.05 bits per heavy atom. The maximum absolute atomic E-state index is 12.1. The highest BCUT2D eigenvalue weighted by Gasteiger charge is 2.12. The fourth-order valence-electron chi connectivity index (χ4n) is 2.98. The third-order valence-electron chi connectivity index (χ3n) is 4.18. The standard InChI is InChI=1S/C17H23N3O2/c1-19-13-14(15-4-2-3-5-16(15)19)12-17(21)18-6-7-20-8-10-22-11-9-20/h2-5,13H,6-12H2,1H3,(H,18,21). The Morgan fingerprint density at radius 3 is 2.86 bits per heavy atom. The smallest absolute Gasteiger partial charge is 0.224 e. The lowest BCUT2D eigenvalue weighted by Gasteiger charge is -2.26. The van der Waals surface area contributed by atoms with E-state index < -0.39 is 0 Å². The van der Waals surface area contributed by atoms with E-state index in [9.17, 15) is 4.79 Å². The zero-order chi connectivity index (χ0) is 15.4. The Morgan fingerprint density at radius 1 is 1.27 bits per heavy atom. The van der Waals surface area contributed by atoms with Crippen molar-refractivity contribution in [1.29, 1.82) is 0 Å². The number of morpholine rings is 1. The first-order valence-electron chi connectivity index (χ1n) is 7.84. The van der Waals surface area contributed by atoms with Crippen LogP contribution in [0.3, 0.4) is 0 Å². The van der Waals surface area contributed by atoms with Crippen LogP contribution in [0.2, 0.25) is 0 Å². The van der Waals surface area contributed by atoms with Crippen molar-refractivity contribution in [3.05, 3.63) is 36.0 Å². The lowest BCUT2D eigenvalue weighted by molar-refractivity contribution is -0.120. The summed E-state index contributed by atoms with van der Waals surface area (Å²) in [6.45, 7) is 5.10. The van der Waals surface area contributed by atoms with Crippen molar-refractivity contribution in [3.8, 4) is 0 Å². The fraction of sp³-hybridized carbons (Fsp3) is 0.471. The molecule has 1 amide bonds. The minimum atomic E-state index is 0.0876. The van der Waals surface area contributed by atoms with Gasteiger partial charge in [0.15, 0.2) is 0 Å². The van der Waals surface area contributed by atoms with Crippen LogP contribution in [0.4, 0.5) is 0 Å². The number of hydrogen-bond donors (Lipinski definition) is 1. The third kappa shape index (κ3) is 3.48. The van der Waals surface area contributed by atoms with Crippen LogP contribution in [-0.2, 0) is 23.0 Å². The summed E-state index contributed by atoms with van der Waals surface area (Å²) in [5.41, 5.74) is 2.25. The Hall–Kier alpha value is -1.85. The van der Waals surface area contributed by atoms with Gasteiger partial charge in [-0.2, -0.15) is 0 Å². The van der Waals surface area contributed by atoms with Gasteiger partial charge in [0.05, 0.1) is 19.6 Å². The number of nitrogens with zero attached hydrogens (tertiary/aromatic N) is 2. The van der Waals surface area contributed by atoms with Crippen molar-refractivity contribution < 1.29 is 9.53 Å². The highest BCUT2D eigenvalue weighted by molar-refractivity contribution is 5.89. The van der Waals surface area contributed by atoms with E-state index >= 15 is 0 Å². The first-order chi connectivity index (χ1) is 10.7. The number of fused-ring (bicyclic) bond motifs is 1. The molecule has 0 atom stereocenters. The molecule has 5 nitrogen and oxygen atoms in total. The maximum Gasteiger partial charge on any atom is 0.224 e. The lowest BCUT2D eigenvalue weighted by atomic mass is 10.1. The third-order valence-corrected chi connectivity index (χ3v) is 4.18. The molecule has 1 aromatic heterocycles. The number of ether oxygens (including phenoxy) is 1. The first-order valence-corrected chi connectivity index (χ1v) is 7.84. The van der Waals surface area contributed by atoms with Gasteiger partial charge >= 0.3 is 0 Å². The number of nitrogens with one attached hydrogen (secondary N) is 1. The van der Waals surface area contributed by atoms with Crippen LogP contribution in [0.25, 0.3) is 10.9 Å². The number of benzene rings is 1. The Bertz CT molecular complexity index is 644. The van der Waals surface area contributed by atoms with Gasteiger partial charge in [-0.25, -0.2) is 0 Å². The highest BCUT2D eigenvalue weighted by Crippen LogP contribution is 2.20. The van der Waals surface area contributed by atoms with Crippen molar-refractivity contribution in [3.63, 3.8) is 0 Å². The second-order valence-corrected chi connectivity index (χ2v) is 5.76. The van der Waals surface area contributed by atoms with Crippen LogP contribution >= 0.6 is 0 Å². The minimum absolute atomic E-state index is 0.0876. The van der Waals surface area contributed by atoms with Gasteiger partial charge in [-0.3, -0.25) is 9.69 Å². The van der Waals surface area contributed by atoms with Crippen LogP contribution in [0.5, 0.6) is 0 Å². The molecule has 1 aliphatic rings. The normalized spacial score (nSPS) is 16.0. The van der Waals surface area contributed by atoms with Gasteiger partial charge < -0.3 is 14.6 Å². The number of carbonyl (C=O) groups excluding carboxylic acids is 1. The van der Waals surface area contributed by atoms with Gasteiger partial charge in [0.2, 0.25) is 5.91 Å². The molecule has 0 spiro atoms. The Labute approximate surface area is 130 Å². The summed E-state index contributed by atoms with van der Waals surface area (Å²) in [4.78, 5) is 14.5. The summed E-state index contributed by atoms with van der Waals surface area (Å²) in [7, 11) is 2.02. The summed E-state index contributed by atoms with van der Waals surface area (Å²) in [5.74, 6) is 0.0876. The molecular weight excluding hydrogens is 278 g/mol. The van der Waals surface area contributed by atoms with Gasteiger partial charge in [0.1, 0.15) is 0 Å². The van der Waals surface area contributed by atoms with E-state index in [-0.39, 0.29) is 5.91 Å². The molecule has 0 unspecified atom stereocenters. The van der Waals surface area contributed by atoms with Crippen molar-refractivity contribution in [2.45, 2.75) is 6.42 Å². The summed E-state index contributed by atoms with van der Waals surface area (Å²) >= 11 is 0. The average molecular weight is 301 g/mol. The van der Waals surface area contributed by atoms with Crippen molar-refractivity contribution in [2.24, 2.45) is 7.05 Å². The van der Waals surface area contributed by atoms with E-state index in [1.807, 2.05) is 25.4 Å². The predicted octanol–water partition coefficient (Wildman–Crippen LogP) is 1.17. The molecule has 2 heterocycles. The first kappa shape index (κ1) is 15.1. The highest BCUT2D eigenvalue weighted by atomic mass is 16.5. The van der Waals surface area contributed by atoms with Crippen LogP contribution < -0.4 is 5.32 Å². The van der Waals surface area contributed by atoms with Gasteiger partial charge in [0, 0.05) is 50.3 Å². The monoisotopic (exact) mass is 301 g/mol. The van der Waals surface area contributed by atoms with E-state index in [0.717, 1.165) is 43.8 Å². The number of rotatable bonds is 5. The van der Waals surface area contributed by atoms with E-state index in [1.54, 1.807) is 0 Å². The van der Waals surface area contributed by atoms with Crippen LogP contribution in [-0.4, -0.2) is 54.8 Å². The van der Waals surface area contributed by atoms with E-state index in [4.69, 9.17) is 4.74 Å². The SMILES string of the molecule is Cn1cc(CC(=O)NCCN2CCOCC2)c2ccccc21. The van der Waals surface area contributed by atoms with Crippen molar-refractivity contribution >= 4 is 16.8 Å². The molecule has 118 valence electrons. The topological polar surface area (TPSA) is 46.5 Å². The number of aromatic nitrogens is 1. The molecule has 0 radical (unpaired) electrons. The largest absolute Gasteiger partial charge is 0.379 e. The summed E-state index contributed by atoms with van der Waals surface area (Å²) in [5, 5.41) is 4.18. The molecule has 0 saturated carbocycles. The molecule has 2 aromatic rings. The van der Waals surface area contributed by atoms with Crippen LogP contribution in [0.1, 0.15) is 5.56 Å². The summed E-state index contributed by atoms with van der Waals surface area (Å²) in [6.07, 6.45) is 2.48. The fourth-order valence-corrected chi connectivity index (χ4v) is 2.98. The molecule has 1 fully saturated rings. The zero-order valence-electron chi connectivity index (χ0n) is 13.0. The number of amides is 1. The minimum Gasteiger partial charge on any atom is -0.379 e. The Balaban J connectivity index is 1.52. The second-order valence-electron chi connectivity index (χ2n) is 5.76. The maximum atomic E-state index is 12.1. The lowest BCUT2D eigenvalue weighted by Crippen LogP contribution is -2.41. The molecule has 3 rings (SSSR count). The predicted molar refractivity (Wildman–Crippen MR) is 86.9 cm³/mol. The van der Waals surface area contributed by atoms with Gasteiger partial charge in [-0.05, 0) is 11.6 Å². The molecule has 0 aliphatic carbocycles. The average Bonchev–Trinajstić information content (AvgIpc) is 2.85. The number of carbonyl (C=O) groups is 1. The van der Waals surface area contributed by atoms with E-state index in [2.05, 4.69) is 26.9 Å². The van der Waals surface area contributed by atoms with Gasteiger partial charge in [-0.1, -0.05) is 18.2 Å². The molecule has 5 heteroatoms. The quantitative estimate of drug-likeness (QED) is 0.902.